The minimum Gasteiger partial charge on any atom is -1.00 e. The van der Waals surface area contributed by atoms with Crippen LogP contribution in [0.15, 0.2) is 35.2 Å². The quantitative estimate of drug-likeness (QED) is 0.0832. The Morgan fingerprint density at radius 3 is 1.90 bits per heavy atom. The zero-order valence-corrected chi connectivity index (χ0v) is 29.2. The third-order valence-corrected chi connectivity index (χ3v) is 5.28. The van der Waals surface area contributed by atoms with E-state index in [1.165, 1.54) is 36.3 Å². The van der Waals surface area contributed by atoms with Crippen molar-refractivity contribution in [3.8, 4) is 5.75 Å². The van der Waals surface area contributed by atoms with Gasteiger partial charge in [0.2, 0.25) is 0 Å². The molecule has 3 rings (SSSR count). The first-order valence-electron chi connectivity index (χ1n) is 9.80. The summed E-state index contributed by atoms with van der Waals surface area (Å²) in [5, 5.41) is 9.20. The normalized spacial score (nSPS) is 8.18. The van der Waals surface area contributed by atoms with Gasteiger partial charge in [0.05, 0.1) is 25.2 Å². The zero-order chi connectivity index (χ0) is 30.1. The largest absolute Gasteiger partial charge is 1.00 e. The molecular formula is C22H21F5K2O8S2. The van der Waals surface area contributed by atoms with Crippen LogP contribution in [0.2, 0.25) is 0 Å². The van der Waals surface area contributed by atoms with Gasteiger partial charge in [0.15, 0.2) is 23.3 Å². The molecule has 39 heavy (non-hydrogen) atoms. The molecule has 0 aliphatic heterocycles. The van der Waals surface area contributed by atoms with Crippen LogP contribution in [-0.2, 0) is 28.9 Å². The van der Waals surface area contributed by atoms with Crippen molar-refractivity contribution in [3.05, 3.63) is 58.5 Å². The molecule has 206 valence electrons. The summed E-state index contributed by atoms with van der Waals surface area (Å²) in [5.74, 6) is -2.11. The van der Waals surface area contributed by atoms with E-state index in [1.807, 2.05) is 19.9 Å². The molecule has 0 N–H and O–H groups in total. The van der Waals surface area contributed by atoms with Crippen LogP contribution in [0.3, 0.4) is 0 Å². The van der Waals surface area contributed by atoms with Crippen LogP contribution < -0.4 is 113 Å². The number of carbonyl (C=O) groups excluding carboxylic acids is 5. The maximum atomic E-state index is 13.2. The summed E-state index contributed by atoms with van der Waals surface area (Å²) in [6, 6.07) is 7.09. The molecule has 0 fully saturated rings. The van der Waals surface area contributed by atoms with E-state index < -0.39 is 30.4 Å². The van der Waals surface area contributed by atoms with Gasteiger partial charge in [0.25, 0.3) is 6.47 Å². The molecule has 17 heteroatoms. The van der Waals surface area contributed by atoms with E-state index in [1.54, 1.807) is 6.07 Å². The standard InChI is InChI=1S/C9H10F2OS.C9H6F2S.CH3F.CH2O3.2CO2.2K.H/c1-3-13-9-7(12-2)5-4-6(10)8(9)11;1-5-4-6-2-3-7(10)8(11)9(6)12-5;1-2;2-1-4-3;2*2-1-3;;;/h4-5H,3H2,1-2H3;2-4H,1H3;1H3;1,3H;;;;;/q;;;;;;2*+1;-1/p-1/i;;1D;;;;;;. The van der Waals surface area contributed by atoms with Gasteiger partial charge in [-0.1, -0.05) is 13.0 Å². The number of thioether (sulfide) groups is 1. The molecule has 0 saturated carbocycles. The average molecular weight is 652 g/mol. The first-order valence-corrected chi connectivity index (χ1v) is 10.9. The number of thiophene rings is 1. The summed E-state index contributed by atoms with van der Waals surface area (Å²) in [7, 11) is 0.437. The minimum absolute atomic E-state index is 0. The van der Waals surface area contributed by atoms with Gasteiger partial charge in [-0.3, -0.25) is 9.18 Å². The molecule has 0 aliphatic rings. The predicted molar refractivity (Wildman–Crippen MR) is 121 cm³/mol. The van der Waals surface area contributed by atoms with Gasteiger partial charge in [-0.05, 0) is 42.3 Å². The average Bonchev–Trinajstić information content (AvgIpc) is 3.28. The summed E-state index contributed by atoms with van der Waals surface area (Å²) >= 11 is 2.51. The monoisotopic (exact) mass is 651 g/mol. The third kappa shape index (κ3) is 21.1. The van der Waals surface area contributed by atoms with Crippen LogP contribution in [-0.4, -0.2) is 38.8 Å². The fraction of sp³-hybridized carbons (Fsp3) is 0.227. The van der Waals surface area contributed by atoms with Gasteiger partial charge in [0.1, 0.15) is 5.75 Å². The molecule has 1 aromatic heterocycles. The Hall–Kier alpha value is -0.337. The maximum absolute atomic E-state index is 13.2. The number of halogens is 5. The Morgan fingerprint density at radius 2 is 1.49 bits per heavy atom. The van der Waals surface area contributed by atoms with Crippen molar-refractivity contribution in [2.24, 2.45) is 0 Å². The van der Waals surface area contributed by atoms with Crippen LogP contribution in [0.4, 0.5) is 22.0 Å². The number of ether oxygens (including phenoxy) is 1. The number of carbonyl (C=O) groups is 1. The van der Waals surface area contributed by atoms with Gasteiger partial charge in [-0.2, -0.15) is 19.2 Å². The Balaban J connectivity index is -0.000000101. The number of methoxy groups -OCH3 is 1. The number of hydrogen-bond acceptors (Lipinski definition) is 10. The molecule has 0 unspecified atom stereocenters. The fourth-order valence-electron chi connectivity index (χ4n) is 2.13. The Kier molecular flexibility index (Phi) is 37.7. The molecule has 3 aromatic rings. The van der Waals surface area contributed by atoms with Crippen LogP contribution >= 0.6 is 23.1 Å². The van der Waals surface area contributed by atoms with Gasteiger partial charge in [0, 0.05) is 4.88 Å². The van der Waals surface area contributed by atoms with E-state index in [0.29, 0.717) is 16.2 Å². The number of rotatable bonds is 4. The van der Waals surface area contributed by atoms with Crippen molar-refractivity contribution < 1.29 is 166 Å². The van der Waals surface area contributed by atoms with E-state index in [4.69, 9.17) is 35.3 Å². The van der Waals surface area contributed by atoms with Crippen molar-refractivity contribution in [2.75, 3.05) is 20.0 Å². The second-order valence-corrected chi connectivity index (χ2v) is 7.85. The van der Waals surface area contributed by atoms with Crippen molar-refractivity contribution in [1.29, 1.82) is 0 Å². The van der Waals surface area contributed by atoms with Crippen LogP contribution in [0, 0.1) is 30.2 Å². The number of alkyl halides is 1. The van der Waals surface area contributed by atoms with Gasteiger partial charge in [-0.25, -0.2) is 17.6 Å². The van der Waals surface area contributed by atoms with Gasteiger partial charge < -0.3 is 16.3 Å². The van der Waals surface area contributed by atoms with Crippen molar-refractivity contribution in [2.45, 2.75) is 18.7 Å². The molecular weight excluding hydrogens is 630 g/mol. The number of aryl methyl sites for hydroxylation is 1. The second kappa shape index (κ2) is 32.2. The number of benzene rings is 2. The number of fused-ring (bicyclic) bond motifs is 1. The van der Waals surface area contributed by atoms with Gasteiger partial charge >= 0.3 is 115 Å². The van der Waals surface area contributed by atoms with Crippen LogP contribution in [0.5, 0.6) is 5.75 Å². The molecule has 0 spiro atoms. The molecule has 0 saturated heterocycles. The number of hydrogen-bond donors (Lipinski definition) is 0. The first-order chi connectivity index (χ1) is 18.0. The topological polar surface area (TPSA) is 127 Å². The Bertz CT molecular complexity index is 1160. The molecule has 2 aromatic carbocycles. The van der Waals surface area contributed by atoms with E-state index in [0.717, 1.165) is 22.4 Å². The molecule has 0 bridgehead atoms. The Labute approximate surface area is 316 Å². The minimum atomic E-state index is -1.00. The summed E-state index contributed by atoms with van der Waals surface area (Å²) < 4.78 is 72.5. The molecule has 0 radical (unpaired) electrons. The first kappa shape index (κ1) is 45.6. The van der Waals surface area contributed by atoms with E-state index >= 15 is 0 Å². The van der Waals surface area contributed by atoms with Crippen LogP contribution in [0.1, 0.15) is 14.6 Å². The zero-order valence-electron chi connectivity index (χ0n) is 23.4. The fourth-order valence-corrected chi connectivity index (χ4v) is 3.87. The van der Waals surface area contributed by atoms with Crippen molar-refractivity contribution >= 4 is 52.0 Å². The molecule has 0 aliphatic carbocycles. The summed E-state index contributed by atoms with van der Waals surface area (Å²) in [6.07, 6.45) is 0.500. The SMILES string of the molecule is CCSc1c(OC)ccc(F)c1F.Cc1cc2ccc(F)c(F)c2s1.O=C=O.O=C=O.O=CO[O-].[2H]CF.[H-].[K+].[K+]. The van der Waals surface area contributed by atoms with Gasteiger partial charge in [-0.15, -0.1) is 23.1 Å². The predicted octanol–water partition coefficient (Wildman–Crippen LogP) is -1.45. The summed E-state index contributed by atoms with van der Waals surface area (Å²) in [6.45, 7) is 3.57. The van der Waals surface area contributed by atoms with Crippen LogP contribution in [0.25, 0.3) is 10.1 Å². The van der Waals surface area contributed by atoms with Crippen molar-refractivity contribution in [1.82, 2.24) is 0 Å². The molecule has 0 atom stereocenters. The molecule has 8 nitrogen and oxygen atoms in total. The molecule has 1 heterocycles. The van der Waals surface area contributed by atoms with Crippen molar-refractivity contribution in [3.63, 3.8) is 0 Å². The van der Waals surface area contributed by atoms with E-state index in [9.17, 15) is 22.0 Å². The Morgan fingerprint density at radius 1 is 1.05 bits per heavy atom. The van der Waals surface area contributed by atoms with E-state index in [-0.39, 0.29) is 128 Å². The maximum Gasteiger partial charge on any atom is 1.00 e. The third-order valence-electron chi connectivity index (χ3n) is 3.26. The van der Waals surface area contributed by atoms with E-state index in [2.05, 4.69) is 4.89 Å². The summed E-state index contributed by atoms with van der Waals surface area (Å²) in [4.78, 5) is 45.0. The second-order valence-electron chi connectivity index (χ2n) is 5.32. The summed E-state index contributed by atoms with van der Waals surface area (Å²) in [5.41, 5.74) is 0. The smallest absolute Gasteiger partial charge is 1.00 e. The molecule has 0 amide bonds.